The van der Waals surface area contributed by atoms with E-state index >= 15 is 0 Å². The maximum atomic E-state index is 13.2. The molecule has 0 unspecified atom stereocenters. The van der Waals surface area contributed by atoms with Crippen LogP contribution in [0.5, 0.6) is 0 Å². The third-order valence-corrected chi connectivity index (χ3v) is 7.05. The van der Waals surface area contributed by atoms with Crippen molar-refractivity contribution in [2.75, 3.05) is 10.6 Å². The maximum Gasteiger partial charge on any atom is 0.336 e. The molecule has 4 aromatic carbocycles. The lowest BCUT2D eigenvalue weighted by atomic mass is 9.95. The summed E-state index contributed by atoms with van der Waals surface area (Å²) in [6.45, 7) is 1.30. The molecule has 0 aliphatic rings. The average molecular weight is 635 g/mol. The maximum absolute atomic E-state index is 13.2. The van der Waals surface area contributed by atoms with Crippen LogP contribution in [0.4, 0.5) is 11.4 Å². The van der Waals surface area contributed by atoms with Crippen LogP contribution in [0.25, 0.3) is 11.1 Å². The third-order valence-electron chi connectivity index (χ3n) is 6.39. The Labute approximate surface area is 258 Å². The molecule has 0 bridgehead atoms. The number of amides is 2. The number of rotatable bonds is 9. The number of benzene rings is 4. The van der Waals surface area contributed by atoms with Crippen LogP contribution in [-0.4, -0.2) is 50.8 Å². The van der Waals surface area contributed by atoms with Gasteiger partial charge in [-0.25, -0.2) is 14.4 Å². The van der Waals surface area contributed by atoms with Gasteiger partial charge in [0.25, 0.3) is 11.8 Å². The zero-order chi connectivity index (χ0) is 32.3. The topological polar surface area (TPSA) is 187 Å². The summed E-state index contributed by atoms with van der Waals surface area (Å²) in [6, 6.07) is 15.4. The Balaban J connectivity index is 1.74. The largest absolute Gasteiger partial charge is 0.478 e. The molecule has 0 aliphatic heterocycles. The van der Waals surface area contributed by atoms with Crippen molar-refractivity contribution < 1.29 is 44.1 Å². The number of Topliss-reactive ketones (excluding diaryl/α,β-unsaturated/α-hetero) is 1. The van der Waals surface area contributed by atoms with Crippen LogP contribution in [0.2, 0.25) is 10.0 Å². The summed E-state index contributed by atoms with van der Waals surface area (Å²) in [4.78, 5) is 73.5. The summed E-state index contributed by atoms with van der Waals surface area (Å²) in [5.41, 5.74) is -0.715. The van der Waals surface area contributed by atoms with E-state index in [0.717, 1.165) is 12.1 Å². The molecule has 5 N–H and O–H groups in total. The number of anilines is 2. The molecule has 0 fully saturated rings. The average Bonchev–Trinajstić information content (AvgIpc) is 2.98. The van der Waals surface area contributed by atoms with Gasteiger partial charge >= 0.3 is 17.9 Å². The number of ketones is 1. The highest BCUT2D eigenvalue weighted by molar-refractivity contribution is 6.34. The minimum atomic E-state index is -1.43. The quantitative estimate of drug-likeness (QED) is 0.129. The van der Waals surface area contributed by atoms with Gasteiger partial charge in [0.15, 0.2) is 5.78 Å². The van der Waals surface area contributed by atoms with E-state index in [1.54, 1.807) is 0 Å². The lowest BCUT2D eigenvalue weighted by Crippen LogP contribution is -2.18. The van der Waals surface area contributed by atoms with Crippen LogP contribution < -0.4 is 10.6 Å². The fourth-order valence-corrected chi connectivity index (χ4v) is 4.63. The van der Waals surface area contributed by atoms with Gasteiger partial charge in [-0.2, -0.15) is 0 Å². The zero-order valence-electron chi connectivity index (χ0n) is 22.5. The molecule has 44 heavy (non-hydrogen) atoms. The van der Waals surface area contributed by atoms with Crippen LogP contribution in [0.1, 0.15) is 69.1 Å². The van der Waals surface area contributed by atoms with Crippen molar-refractivity contribution in [3.63, 3.8) is 0 Å². The van der Waals surface area contributed by atoms with Gasteiger partial charge in [0.05, 0.1) is 43.5 Å². The molecule has 0 heterocycles. The number of aromatic carboxylic acids is 3. The van der Waals surface area contributed by atoms with Crippen molar-refractivity contribution in [1.82, 2.24) is 0 Å². The van der Waals surface area contributed by atoms with E-state index < -0.39 is 29.7 Å². The van der Waals surface area contributed by atoms with E-state index in [-0.39, 0.29) is 71.7 Å². The van der Waals surface area contributed by atoms with Gasteiger partial charge in [-0.3, -0.25) is 14.4 Å². The van der Waals surface area contributed by atoms with E-state index in [9.17, 15) is 44.1 Å². The van der Waals surface area contributed by atoms with E-state index in [0.29, 0.717) is 0 Å². The fourth-order valence-electron chi connectivity index (χ4n) is 4.21. The standard InChI is InChI=1S/C31H20Cl2N2O9/c1-14(36)21-13-18(5-9-24(21)32)34-27(37)22-10-15(2-6-19(22)30(41)42)16-3-7-20(31(43)44)23(11-16)28(38)35-26-12-17(29(39)40)4-8-25(26)33/h2-13H,1H3,(H,34,37)(H,35,38)(H,39,40)(H,41,42)(H,43,44). The number of carboxylic acids is 3. The van der Waals surface area contributed by atoms with Gasteiger partial charge in [0.1, 0.15) is 0 Å². The van der Waals surface area contributed by atoms with Crippen molar-refractivity contribution in [3.05, 3.63) is 116 Å². The second-order valence-corrected chi connectivity index (χ2v) is 10.1. The monoisotopic (exact) mass is 634 g/mol. The second-order valence-electron chi connectivity index (χ2n) is 9.29. The number of nitrogens with one attached hydrogen (secondary N) is 2. The van der Waals surface area contributed by atoms with Gasteiger partial charge in [-0.05, 0) is 78.7 Å². The molecule has 2 amide bonds. The van der Waals surface area contributed by atoms with Gasteiger partial charge in [0, 0.05) is 11.3 Å². The Morgan fingerprint density at radius 3 is 1.57 bits per heavy atom. The fraction of sp³-hybridized carbons (Fsp3) is 0.0323. The minimum Gasteiger partial charge on any atom is -0.478 e. The van der Waals surface area contributed by atoms with Gasteiger partial charge < -0.3 is 26.0 Å². The zero-order valence-corrected chi connectivity index (χ0v) is 24.0. The molecule has 11 nitrogen and oxygen atoms in total. The van der Waals surface area contributed by atoms with Gasteiger partial charge in [0.2, 0.25) is 0 Å². The Hall–Kier alpha value is -5.52. The SMILES string of the molecule is CC(=O)c1cc(NC(=O)c2cc(-c3ccc(C(=O)O)c(C(=O)Nc4cc(C(=O)O)ccc4Cl)c3)ccc2C(=O)O)ccc1Cl. The van der Waals surface area contributed by atoms with Crippen molar-refractivity contribution in [2.45, 2.75) is 6.92 Å². The number of hydrogen-bond acceptors (Lipinski definition) is 6. The number of carbonyl (C=O) groups excluding carboxylic acids is 3. The summed E-state index contributed by atoms with van der Waals surface area (Å²) in [7, 11) is 0. The first-order valence-electron chi connectivity index (χ1n) is 12.5. The first kappa shape index (κ1) is 31.4. The Kier molecular flexibility index (Phi) is 9.12. The number of carbonyl (C=O) groups is 6. The van der Waals surface area contributed by atoms with Crippen LogP contribution in [-0.2, 0) is 0 Å². The number of carboxylic acid groups (broad SMARTS) is 3. The molecule has 4 aromatic rings. The summed E-state index contributed by atoms with van der Waals surface area (Å²) in [5.74, 6) is -6.19. The van der Waals surface area contributed by atoms with Crippen LogP contribution in [0, 0.1) is 0 Å². The van der Waals surface area contributed by atoms with Crippen LogP contribution in [0.3, 0.4) is 0 Å². The molecule has 0 aliphatic carbocycles. The molecule has 0 saturated heterocycles. The van der Waals surface area contributed by atoms with Crippen molar-refractivity contribution in [1.29, 1.82) is 0 Å². The van der Waals surface area contributed by atoms with Gasteiger partial charge in [-0.1, -0.05) is 35.3 Å². The highest BCUT2D eigenvalue weighted by atomic mass is 35.5. The van der Waals surface area contributed by atoms with Crippen molar-refractivity contribution >= 4 is 70.1 Å². The number of hydrogen-bond donors (Lipinski definition) is 5. The first-order chi connectivity index (χ1) is 20.8. The lowest BCUT2D eigenvalue weighted by Gasteiger charge is -2.14. The highest BCUT2D eigenvalue weighted by Crippen LogP contribution is 2.29. The predicted octanol–water partition coefficient (Wildman–Crippen LogP) is 6.46. The molecule has 0 aromatic heterocycles. The predicted molar refractivity (Wildman–Crippen MR) is 162 cm³/mol. The summed E-state index contributed by atoms with van der Waals surface area (Å²) < 4.78 is 0. The third kappa shape index (κ3) is 6.75. The smallest absolute Gasteiger partial charge is 0.336 e. The molecular formula is C31H20Cl2N2O9. The highest BCUT2D eigenvalue weighted by Gasteiger charge is 2.22. The van der Waals surface area contributed by atoms with Crippen molar-refractivity contribution in [2.24, 2.45) is 0 Å². The molecule has 4 rings (SSSR count). The summed E-state index contributed by atoms with van der Waals surface area (Å²) in [6.07, 6.45) is 0. The van der Waals surface area contributed by atoms with Gasteiger partial charge in [-0.15, -0.1) is 0 Å². The summed E-state index contributed by atoms with van der Waals surface area (Å²) in [5, 5.41) is 33.8. The molecule has 0 spiro atoms. The normalized spacial score (nSPS) is 10.5. The Morgan fingerprint density at radius 1 is 0.545 bits per heavy atom. The first-order valence-corrected chi connectivity index (χ1v) is 13.2. The van der Waals surface area contributed by atoms with E-state index in [2.05, 4.69) is 10.6 Å². The Bertz CT molecular complexity index is 1900. The number of halogens is 2. The van der Waals surface area contributed by atoms with E-state index in [1.165, 1.54) is 67.6 Å². The molecule has 222 valence electrons. The van der Waals surface area contributed by atoms with Crippen LogP contribution in [0.15, 0.2) is 72.8 Å². The summed E-state index contributed by atoms with van der Waals surface area (Å²) >= 11 is 12.1. The Morgan fingerprint density at radius 2 is 1.07 bits per heavy atom. The second kappa shape index (κ2) is 12.8. The minimum absolute atomic E-state index is 0.00686. The lowest BCUT2D eigenvalue weighted by molar-refractivity contribution is 0.0683. The molecule has 0 radical (unpaired) electrons. The molecule has 13 heteroatoms. The van der Waals surface area contributed by atoms with Crippen molar-refractivity contribution in [3.8, 4) is 11.1 Å². The molecule has 0 saturated carbocycles. The van der Waals surface area contributed by atoms with E-state index in [4.69, 9.17) is 23.2 Å². The molecular weight excluding hydrogens is 615 g/mol. The van der Waals surface area contributed by atoms with E-state index in [1.807, 2.05) is 0 Å². The molecule has 0 atom stereocenters. The van der Waals surface area contributed by atoms with Crippen LogP contribution >= 0.6 is 23.2 Å².